The molecule has 1 fully saturated rings. The topological polar surface area (TPSA) is 24.1 Å². The molecule has 0 spiro atoms. The van der Waals surface area contributed by atoms with E-state index in [1.54, 1.807) is 0 Å². The van der Waals surface area contributed by atoms with Crippen LogP contribution in [0.1, 0.15) is 6.42 Å². The average molecular weight is 169 g/mol. The summed E-state index contributed by atoms with van der Waals surface area (Å²) >= 11 is 0. The second kappa shape index (κ2) is 4.88. The van der Waals surface area contributed by atoms with E-state index in [-0.39, 0.29) is 12.4 Å². The number of nitrogens with one attached hydrogen (secondary N) is 2. The SMILES string of the molecule is CNC[C@H]1C[C@H](F)CN1.Cl. The van der Waals surface area contributed by atoms with Gasteiger partial charge in [-0.25, -0.2) is 4.39 Å². The van der Waals surface area contributed by atoms with Crippen LogP contribution in [0.4, 0.5) is 4.39 Å². The minimum absolute atomic E-state index is 0. The van der Waals surface area contributed by atoms with Crippen LogP contribution in [0.5, 0.6) is 0 Å². The molecule has 0 unspecified atom stereocenters. The second-order valence-electron chi connectivity index (χ2n) is 2.50. The number of hydrogen-bond donors (Lipinski definition) is 2. The highest BCUT2D eigenvalue weighted by Gasteiger charge is 2.21. The number of alkyl halides is 1. The van der Waals surface area contributed by atoms with E-state index in [1.807, 2.05) is 7.05 Å². The zero-order chi connectivity index (χ0) is 6.69. The Hall–Kier alpha value is 0.140. The number of rotatable bonds is 2. The number of halogens is 2. The van der Waals surface area contributed by atoms with Gasteiger partial charge in [0.25, 0.3) is 0 Å². The van der Waals surface area contributed by atoms with Crippen molar-refractivity contribution in [3.05, 3.63) is 0 Å². The van der Waals surface area contributed by atoms with Crippen molar-refractivity contribution < 1.29 is 4.39 Å². The van der Waals surface area contributed by atoms with Crippen molar-refractivity contribution in [2.24, 2.45) is 0 Å². The molecule has 0 aromatic carbocycles. The summed E-state index contributed by atoms with van der Waals surface area (Å²) in [4.78, 5) is 0. The maximum atomic E-state index is 12.4. The van der Waals surface area contributed by atoms with Crippen molar-refractivity contribution >= 4 is 12.4 Å². The quantitative estimate of drug-likeness (QED) is 0.621. The molecule has 0 radical (unpaired) electrons. The van der Waals surface area contributed by atoms with Crippen LogP contribution in [-0.4, -0.2) is 32.4 Å². The third-order valence-corrected chi connectivity index (χ3v) is 1.62. The van der Waals surface area contributed by atoms with Crippen LogP contribution < -0.4 is 10.6 Å². The third kappa shape index (κ3) is 2.82. The van der Waals surface area contributed by atoms with Crippen molar-refractivity contribution in [1.29, 1.82) is 0 Å². The second-order valence-corrected chi connectivity index (χ2v) is 2.50. The van der Waals surface area contributed by atoms with E-state index in [4.69, 9.17) is 0 Å². The summed E-state index contributed by atoms with van der Waals surface area (Å²) in [5, 5.41) is 6.07. The fraction of sp³-hybridized carbons (Fsp3) is 1.00. The Morgan fingerprint density at radius 3 is 2.80 bits per heavy atom. The Labute approximate surface area is 67.0 Å². The summed E-state index contributed by atoms with van der Waals surface area (Å²) in [5.41, 5.74) is 0. The highest BCUT2D eigenvalue weighted by molar-refractivity contribution is 5.85. The predicted molar refractivity (Wildman–Crippen MR) is 42.5 cm³/mol. The minimum Gasteiger partial charge on any atom is -0.318 e. The van der Waals surface area contributed by atoms with Gasteiger partial charge in [-0.1, -0.05) is 0 Å². The van der Waals surface area contributed by atoms with Gasteiger partial charge in [0, 0.05) is 19.1 Å². The normalized spacial score (nSPS) is 31.8. The van der Waals surface area contributed by atoms with Gasteiger partial charge in [0.05, 0.1) is 0 Å². The van der Waals surface area contributed by atoms with Gasteiger partial charge in [0.15, 0.2) is 0 Å². The van der Waals surface area contributed by atoms with Crippen LogP contribution in [0.3, 0.4) is 0 Å². The molecule has 2 N–H and O–H groups in total. The van der Waals surface area contributed by atoms with Crippen LogP contribution in [0.2, 0.25) is 0 Å². The zero-order valence-electron chi connectivity index (χ0n) is 6.06. The molecule has 0 bridgehead atoms. The Kier molecular flexibility index (Phi) is 4.95. The molecule has 1 heterocycles. The van der Waals surface area contributed by atoms with E-state index in [0.717, 1.165) is 6.54 Å². The van der Waals surface area contributed by atoms with E-state index < -0.39 is 6.17 Å². The molecule has 1 saturated heterocycles. The van der Waals surface area contributed by atoms with Crippen molar-refractivity contribution in [3.63, 3.8) is 0 Å². The van der Waals surface area contributed by atoms with Crippen LogP contribution in [-0.2, 0) is 0 Å². The molecule has 1 rings (SSSR count). The predicted octanol–water partition coefficient (Wildman–Crippen LogP) is 0.328. The van der Waals surface area contributed by atoms with Crippen LogP contribution in [0, 0.1) is 0 Å². The van der Waals surface area contributed by atoms with E-state index in [9.17, 15) is 4.39 Å². The molecule has 0 aliphatic carbocycles. The van der Waals surface area contributed by atoms with Crippen molar-refractivity contribution in [2.45, 2.75) is 18.6 Å². The highest BCUT2D eigenvalue weighted by Crippen LogP contribution is 2.08. The van der Waals surface area contributed by atoms with Gasteiger partial charge in [-0.2, -0.15) is 0 Å². The summed E-state index contributed by atoms with van der Waals surface area (Å²) in [6.07, 6.45) is 0.0456. The van der Waals surface area contributed by atoms with Gasteiger partial charge >= 0.3 is 0 Å². The Balaban J connectivity index is 0.000000810. The van der Waals surface area contributed by atoms with Crippen molar-refractivity contribution in [2.75, 3.05) is 20.1 Å². The maximum absolute atomic E-state index is 12.4. The van der Waals surface area contributed by atoms with Gasteiger partial charge in [-0.3, -0.25) is 0 Å². The lowest BCUT2D eigenvalue weighted by molar-refractivity contribution is 0.354. The van der Waals surface area contributed by atoms with E-state index in [2.05, 4.69) is 10.6 Å². The number of hydrogen-bond acceptors (Lipinski definition) is 2. The zero-order valence-corrected chi connectivity index (χ0v) is 6.88. The van der Waals surface area contributed by atoms with Crippen LogP contribution >= 0.6 is 12.4 Å². The van der Waals surface area contributed by atoms with Gasteiger partial charge in [0.1, 0.15) is 6.17 Å². The van der Waals surface area contributed by atoms with E-state index >= 15 is 0 Å². The van der Waals surface area contributed by atoms with Gasteiger partial charge in [-0.15, -0.1) is 12.4 Å². The first-order valence-electron chi connectivity index (χ1n) is 3.35. The molecular weight excluding hydrogens is 155 g/mol. The molecule has 62 valence electrons. The lowest BCUT2D eigenvalue weighted by atomic mass is 10.2. The molecule has 2 atom stereocenters. The monoisotopic (exact) mass is 168 g/mol. The van der Waals surface area contributed by atoms with Gasteiger partial charge in [0.2, 0.25) is 0 Å². The first-order chi connectivity index (χ1) is 4.33. The molecule has 4 heteroatoms. The first-order valence-corrected chi connectivity index (χ1v) is 3.35. The lowest BCUT2D eigenvalue weighted by Crippen LogP contribution is -2.31. The Morgan fingerprint density at radius 1 is 1.70 bits per heavy atom. The van der Waals surface area contributed by atoms with Gasteiger partial charge < -0.3 is 10.6 Å². The van der Waals surface area contributed by atoms with Crippen LogP contribution in [0.15, 0.2) is 0 Å². The van der Waals surface area contributed by atoms with Crippen LogP contribution in [0.25, 0.3) is 0 Å². The Bertz CT molecular complexity index is 89.8. The molecule has 0 aromatic heterocycles. The fourth-order valence-electron chi connectivity index (χ4n) is 1.17. The fourth-order valence-corrected chi connectivity index (χ4v) is 1.17. The highest BCUT2D eigenvalue weighted by atomic mass is 35.5. The molecule has 10 heavy (non-hydrogen) atoms. The Morgan fingerprint density at radius 2 is 2.40 bits per heavy atom. The lowest BCUT2D eigenvalue weighted by Gasteiger charge is -2.06. The standard InChI is InChI=1S/C6H13FN2.ClH/c1-8-4-6-2-5(7)3-9-6;/h5-6,8-9H,2-4H2,1H3;1H/t5-,6+;/m0./s1. The summed E-state index contributed by atoms with van der Waals surface area (Å²) in [6.45, 7) is 1.41. The smallest absolute Gasteiger partial charge is 0.114 e. The van der Waals surface area contributed by atoms with E-state index in [1.165, 1.54) is 0 Å². The van der Waals surface area contributed by atoms with Crippen molar-refractivity contribution in [3.8, 4) is 0 Å². The summed E-state index contributed by atoms with van der Waals surface area (Å²) in [7, 11) is 1.88. The van der Waals surface area contributed by atoms with Crippen molar-refractivity contribution in [1.82, 2.24) is 10.6 Å². The number of likely N-dealkylation sites (N-methyl/N-ethyl adjacent to an activating group) is 1. The summed E-state index contributed by atoms with van der Waals surface area (Å²) in [5.74, 6) is 0. The molecule has 0 amide bonds. The average Bonchev–Trinajstić information content (AvgIpc) is 2.17. The van der Waals surface area contributed by atoms with Gasteiger partial charge in [-0.05, 0) is 13.5 Å². The molecule has 0 aromatic rings. The first kappa shape index (κ1) is 10.1. The molecule has 2 nitrogen and oxygen atoms in total. The minimum atomic E-state index is -0.622. The molecule has 1 aliphatic heterocycles. The summed E-state index contributed by atoms with van der Waals surface area (Å²) in [6, 6.07) is 0.352. The molecule has 0 saturated carbocycles. The summed E-state index contributed by atoms with van der Waals surface area (Å²) < 4.78 is 12.4. The molecule has 1 aliphatic rings. The maximum Gasteiger partial charge on any atom is 0.114 e. The largest absolute Gasteiger partial charge is 0.318 e. The molecular formula is C6H14ClFN2. The van der Waals surface area contributed by atoms with E-state index in [0.29, 0.717) is 19.0 Å². The third-order valence-electron chi connectivity index (χ3n) is 1.62.